The summed E-state index contributed by atoms with van der Waals surface area (Å²) in [6.45, 7) is 1.89. The van der Waals surface area contributed by atoms with Gasteiger partial charge >= 0.3 is 5.97 Å². The lowest BCUT2D eigenvalue weighted by Crippen LogP contribution is -2.09. The zero-order chi connectivity index (χ0) is 13.7. The van der Waals surface area contributed by atoms with E-state index in [9.17, 15) is 13.6 Å². The van der Waals surface area contributed by atoms with Gasteiger partial charge in [0.2, 0.25) is 0 Å². The molecule has 0 spiro atoms. The number of benzene rings is 1. The molecule has 0 unspecified atom stereocenters. The Morgan fingerprint density at radius 3 is 2.72 bits per heavy atom. The van der Waals surface area contributed by atoms with Crippen molar-refractivity contribution in [2.75, 3.05) is 6.61 Å². The number of nitrogens with zero attached hydrogens (tertiary/aromatic N) is 1. The summed E-state index contributed by atoms with van der Waals surface area (Å²) in [6, 6.07) is 4.15. The number of ether oxygens (including phenoxy) is 1. The average molecular weight is 271 g/mol. The highest BCUT2D eigenvalue weighted by Gasteiger charge is 2.17. The van der Waals surface area contributed by atoms with Crippen molar-refractivity contribution in [1.29, 1.82) is 5.26 Å². The van der Waals surface area contributed by atoms with Crippen LogP contribution in [0, 0.1) is 11.3 Å². The van der Waals surface area contributed by atoms with Crippen LogP contribution in [0.4, 0.5) is 8.78 Å². The SMILES string of the molecule is CCOC(=O)Cc1cc(S)c(C(F)F)cc1C#N. The highest BCUT2D eigenvalue weighted by Crippen LogP contribution is 2.28. The van der Waals surface area contributed by atoms with Gasteiger partial charge in [-0.3, -0.25) is 4.79 Å². The molecule has 0 bridgehead atoms. The van der Waals surface area contributed by atoms with Gasteiger partial charge in [-0.2, -0.15) is 5.26 Å². The number of thiol groups is 1. The second kappa shape index (κ2) is 6.36. The molecule has 0 N–H and O–H groups in total. The number of halogens is 2. The Morgan fingerprint density at radius 2 is 2.22 bits per heavy atom. The standard InChI is InChI=1S/C12H11F2NO2S/c1-2-17-11(16)5-7-4-10(18)9(12(13)14)3-8(7)6-15/h3-4,12,18H,2,5H2,1H3. The van der Waals surface area contributed by atoms with E-state index in [0.717, 1.165) is 6.07 Å². The quantitative estimate of drug-likeness (QED) is 0.676. The fraction of sp³-hybridized carbons (Fsp3) is 0.333. The predicted molar refractivity (Wildman–Crippen MR) is 63.7 cm³/mol. The van der Waals surface area contributed by atoms with Gasteiger partial charge in [0.1, 0.15) is 0 Å². The zero-order valence-electron chi connectivity index (χ0n) is 9.61. The van der Waals surface area contributed by atoms with E-state index in [-0.39, 0.29) is 29.1 Å². The molecule has 0 aliphatic rings. The van der Waals surface area contributed by atoms with Crippen molar-refractivity contribution in [3.05, 3.63) is 28.8 Å². The molecule has 1 rings (SSSR count). The second-order valence-corrected chi connectivity index (χ2v) is 3.94. The van der Waals surface area contributed by atoms with E-state index >= 15 is 0 Å². The first-order valence-corrected chi connectivity index (χ1v) is 5.64. The molecule has 0 atom stereocenters. The van der Waals surface area contributed by atoms with Crippen LogP contribution >= 0.6 is 12.6 Å². The number of esters is 1. The molecule has 6 heteroatoms. The van der Waals surface area contributed by atoms with Gasteiger partial charge in [0.25, 0.3) is 6.43 Å². The molecule has 0 aliphatic carbocycles. The van der Waals surface area contributed by atoms with Crippen molar-refractivity contribution in [3.8, 4) is 6.07 Å². The van der Waals surface area contributed by atoms with E-state index in [4.69, 9.17) is 10.00 Å². The van der Waals surface area contributed by atoms with Crippen molar-refractivity contribution in [2.24, 2.45) is 0 Å². The fourth-order valence-corrected chi connectivity index (χ4v) is 1.76. The molecule has 1 aromatic rings. The summed E-state index contributed by atoms with van der Waals surface area (Å²) < 4.78 is 30.0. The summed E-state index contributed by atoms with van der Waals surface area (Å²) in [6.07, 6.45) is -2.84. The van der Waals surface area contributed by atoms with Gasteiger partial charge in [0, 0.05) is 10.5 Å². The van der Waals surface area contributed by atoms with E-state index in [1.807, 2.05) is 0 Å². The van der Waals surface area contributed by atoms with Crippen LogP contribution in [0.3, 0.4) is 0 Å². The maximum absolute atomic E-state index is 12.6. The smallest absolute Gasteiger partial charge is 0.310 e. The molecular weight excluding hydrogens is 260 g/mol. The van der Waals surface area contributed by atoms with Gasteiger partial charge in [-0.25, -0.2) is 8.78 Å². The molecule has 0 amide bonds. The van der Waals surface area contributed by atoms with Gasteiger partial charge in [-0.05, 0) is 24.6 Å². The Labute approximate surface area is 109 Å². The van der Waals surface area contributed by atoms with Crippen LogP contribution < -0.4 is 0 Å². The lowest BCUT2D eigenvalue weighted by molar-refractivity contribution is -0.142. The van der Waals surface area contributed by atoms with Gasteiger partial charge in [0.05, 0.1) is 24.7 Å². The third kappa shape index (κ3) is 3.44. The zero-order valence-corrected chi connectivity index (χ0v) is 10.5. The Kier molecular flexibility index (Phi) is 5.10. The van der Waals surface area contributed by atoms with Crippen LogP contribution in [0.1, 0.15) is 30.0 Å². The van der Waals surface area contributed by atoms with Crippen LogP contribution in [0.2, 0.25) is 0 Å². The van der Waals surface area contributed by atoms with Crippen LogP contribution in [-0.2, 0) is 16.0 Å². The third-order valence-corrected chi connectivity index (χ3v) is 2.64. The van der Waals surface area contributed by atoms with Crippen LogP contribution in [-0.4, -0.2) is 12.6 Å². The first-order chi connectivity index (χ1) is 8.49. The Balaban J connectivity index is 3.10. The molecule has 0 saturated carbocycles. The van der Waals surface area contributed by atoms with E-state index in [0.29, 0.717) is 5.56 Å². The molecule has 3 nitrogen and oxygen atoms in total. The maximum atomic E-state index is 12.6. The van der Waals surface area contributed by atoms with Gasteiger partial charge in [-0.1, -0.05) is 0 Å². The summed E-state index contributed by atoms with van der Waals surface area (Å²) >= 11 is 3.93. The highest BCUT2D eigenvalue weighted by atomic mass is 32.1. The lowest BCUT2D eigenvalue weighted by Gasteiger charge is -2.09. The molecule has 0 aliphatic heterocycles. The largest absolute Gasteiger partial charge is 0.466 e. The van der Waals surface area contributed by atoms with E-state index in [1.54, 1.807) is 13.0 Å². The normalized spacial score (nSPS) is 10.2. The minimum Gasteiger partial charge on any atom is -0.466 e. The summed E-state index contributed by atoms with van der Waals surface area (Å²) in [7, 11) is 0. The molecule has 0 fully saturated rings. The Bertz CT molecular complexity index is 498. The fourth-order valence-electron chi connectivity index (χ4n) is 1.44. The number of hydrogen-bond acceptors (Lipinski definition) is 4. The third-order valence-electron chi connectivity index (χ3n) is 2.25. The minimum absolute atomic E-state index is 0.0381. The van der Waals surface area contributed by atoms with E-state index in [2.05, 4.69) is 12.6 Å². The summed E-state index contributed by atoms with van der Waals surface area (Å²) in [5.74, 6) is -0.508. The van der Waals surface area contributed by atoms with E-state index < -0.39 is 12.4 Å². The van der Waals surface area contributed by atoms with Crippen molar-refractivity contribution < 1.29 is 18.3 Å². The van der Waals surface area contributed by atoms with Gasteiger partial charge in [0.15, 0.2) is 0 Å². The number of rotatable bonds is 4. The molecule has 0 heterocycles. The van der Waals surface area contributed by atoms with Crippen molar-refractivity contribution in [3.63, 3.8) is 0 Å². The molecule has 0 radical (unpaired) electrons. The van der Waals surface area contributed by atoms with Gasteiger partial charge < -0.3 is 4.74 Å². The lowest BCUT2D eigenvalue weighted by atomic mass is 10.0. The number of carbonyl (C=O) groups is 1. The molecule has 96 valence electrons. The predicted octanol–water partition coefficient (Wildman–Crippen LogP) is 2.89. The van der Waals surface area contributed by atoms with Crippen molar-refractivity contribution in [2.45, 2.75) is 24.7 Å². The van der Waals surface area contributed by atoms with Crippen LogP contribution in [0.15, 0.2) is 17.0 Å². The number of nitriles is 1. The molecule has 0 aromatic heterocycles. The van der Waals surface area contributed by atoms with Gasteiger partial charge in [-0.15, -0.1) is 12.6 Å². The van der Waals surface area contributed by atoms with Crippen LogP contribution in [0.25, 0.3) is 0 Å². The number of alkyl halides is 2. The van der Waals surface area contributed by atoms with Crippen molar-refractivity contribution in [1.82, 2.24) is 0 Å². The van der Waals surface area contributed by atoms with E-state index in [1.165, 1.54) is 6.07 Å². The second-order valence-electron chi connectivity index (χ2n) is 3.46. The first kappa shape index (κ1) is 14.5. The maximum Gasteiger partial charge on any atom is 0.310 e. The summed E-state index contributed by atoms with van der Waals surface area (Å²) in [4.78, 5) is 11.4. The Morgan fingerprint density at radius 1 is 1.56 bits per heavy atom. The van der Waals surface area contributed by atoms with Crippen molar-refractivity contribution >= 4 is 18.6 Å². The van der Waals surface area contributed by atoms with Crippen LogP contribution in [0.5, 0.6) is 0 Å². The molecule has 18 heavy (non-hydrogen) atoms. The number of hydrogen-bond donors (Lipinski definition) is 1. The highest BCUT2D eigenvalue weighted by molar-refractivity contribution is 7.80. The monoisotopic (exact) mass is 271 g/mol. The molecule has 1 aromatic carbocycles. The minimum atomic E-state index is -2.71. The molecular formula is C12H11F2NO2S. The first-order valence-electron chi connectivity index (χ1n) is 5.19. The summed E-state index contributed by atoms with van der Waals surface area (Å²) in [5, 5.41) is 8.89. The number of carbonyl (C=O) groups excluding carboxylic acids is 1. The average Bonchev–Trinajstić information content (AvgIpc) is 2.29. The summed E-state index contributed by atoms with van der Waals surface area (Å²) in [5.41, 5.74) is 0.0593. The topological polar surface area (TPSA) is 50.1 Å². The molecule has 0 saturated heterocycles. The Hall–Kier alpha value is -1.61.